The SMILES string of the molecule is CC(C)c1ccc(Nc2nccn3c(-c4ccc(O)cc4)cnc23)cc1.CS(=O)(=O)Nc1cccc(-c2cnc3c(NCc4cccnc4)nccn23)c1.Oc1cccc(-c2cnc3c(NCCc4cccnc4)nccn23)c1. The zero-order valence-corrected chi connectivity index (χ0v) is 44.1. The van der Waals surface area contributed by atoms with Crippen LogP contribution >= 0.6 is 0 Å². The summed E-state index contributed by atoms with van der Waals surface area (Å²) < 4.78 is 31.4. The molecule has 0 saturated carbocycles. The lowest BCUT2D eigenvalue weighted by Crippen LogP contribution is -2.09. The number of nitrogens with zero attached hydrogens (tertiary/aromatic N) is 11. The van der Waals surface area contributed by atoms with Gasteiger partial charge in [0.05, 0.1) is 41.9 Å². The fourth-order valence-electron chi connectivity index (χ4n) is 8.64. The van der Waals surface area contributed by atoms with Crippen molar-refractivity contribution in [1.29, 1.82) is 0 Å². The van der Waals surface area contributed by atoms with E-state index in [1.165, 1.54) is 11.1 Å². The third kappa shape index (κ3) is 12.9. The van der Waals surface area contributed by atoms with Crippen molar-refractivity contribution in [2.24, 2.45) is 0 Å². The van der Waals surface area contributed by atoms with E-state index >= 15 is 0 Å². The number of nitrogens with one attached hydrogen (secondary N) is 4. The zero-order chi connectivity index (χ0) is 54.7. The van der Waals surface area contributed by atoms with Gasteiger partial charge in [0.15, 0.2) is 34.4 Å². The van der Waals surface area contributed by atoms with Crippen LogP contribution in [0.4, 0.5) is 28.8 Å². The third-order valence-corrected chi connectivity index (χ3v) is 13.1. The molecule has 12 aromatic rings. The molecular weight excluding hydrogens is 1010 g/mol. The van der Waals surface area contributed by atoms with Crippen LogP contribution in [0.5, 0.6) is 11.5 Å². The van der Waals surface area contributed by atoms with Crippen LogP contribution in [0, 0.1) is 0 Å². The highest BCUT2D eigenvalue weighted by Gasteiger charge is 2.15. The molecule has 20 heteroatoms. The minimum Gasteiger partial charge on any atom is -0.508 e. The van der Waals surface area contributed by atoms with Crippen LogP contribution in [0.2, 0.25) is 0 Å². The summed E-state index contributed by atoms with van der Waals surface area (Å²) in [5.41, 5.74) is 12.6. The van der Waals surface area contributed by atoms with Crippen molar-refractivity contribution < 1.29 is 18.6 Å². The number of benzene rings is 4. The van der Waals surface area contributed by atoms with Crippen molar-refractivity contribution in [3.63, 3.8) is 0 Å². The second kappa shape index (κ2) is 23.8. The predicted molar refractivity (Wildman–Crippen MR) is 309 cm³/mol. The van der Waals surface area contributed by atoms with E-state index in [4.69, 9.17) is 0 Å². The second-order valence-corrected chi connectivity index (χ2v) is 20.3. The summed E-state index contributed by atoms with van der Waals surface area (Å²) in [5, 5.41) is 29.2. The molecule has 0 bridgehead atoms. The van der Waals surface area contributed by atoms with Gasteiger partial charge in [-0.1, -0.05) is 62.4 Å². The van der Waals surface area contributed by atoms with E-state index in [0.29, 0.717) is 35.4 Å². The van der Waals surface area contributed by atoms with E-state index in [9.17, 15) is 18.6 Å². The average molecular weight is 1070 g/mol. The Morgan fingerprint density at radius 2 is 1.05 bits per heavy atom. The summed E-state index contributed by atoms with van der Waals surface area (Å²) in [7, 11) is -3.34. The van der Waals surface area contributed by atoms with Crippen LogP contribution < -0.4 is 20.7 Å². The number of imidazole rings is 3. The molecule has 0 aliphatic heterocycles. The highest BCUT2D eigenvalue weighted by Crippen LogP contribution is 2.30. The first-order valence-electron chi connectivity index (χ1n) is 25.2. The Morgan fingerprint density at radius 3 is 1.62 bits per heavy atom. The lowest BCUT2D eigenvalue weighted by atomic mass is 10.0. The average Bonchev–Trinajstić information content (AvgIpc) is 4.27. The van der Waals surface area contributed by atoms with Gasteiger partial charge in [-0.25, -0.2) is 38.3 Å². The maximum Gasteiger partial charge on any atom is 0.229 e. The Bertz CT molecular complexity index is 4100. The molecule has 0 spiro atoms. The molecule has 0 aliphatic rings. The summed E-state index contributed by atoms with van der Waals surface area (Å²) in [5.74, 6) is 3.08. The first-order chi connectivity index (χ1) is 38.4. The zero-order valence-electron chi connectivity index (χ0n) is 43.3. The maximum atomic E-state index is 11.5. The Hall–Kier alpha value is -10.2. The van der Waals surface area contributed by atoms with Crippen molar-refractivity contribution in [3.05, 3.63) is 219 Å². The van der Waals surface area contributed by atoms with Crippen LogP contribution in [0.3, 0.4) is 0 Å². The minimum atomic E-state index is -3.34. The van der Waals surface area contributed by atoms with Crippen molar-refractivity contribution in [2.45, 2.75) is 32.7 Å². The summed E-state index contributed by atoms with van der Waals surface area (Å²) in [6, 6.07) is 37.6. The van der Waals surface area contributed by atoms with E-state index in [0.717, 1.165) is 81.4 Å². The number of phenols is 2. The van der Waals surface area contributed by atoms with E-state index in [2.05, 4.69) is 105 Å². The number of phenolic OH excluding ortho intramolecular Hbond substituents is 2. The normalized spacial score (nSPS) is 11.2. The number of hydrogen-bond donors (Lipinski definition) is 6. The first-order valence-corrected chi connectivity index (χ1v) is 27.1. The molecule has 0 unspecified atom stereocenters. The van der Waals surface area contributed by atoms with Crippen molar-refractivity contribution in [1.82, 2.24) is 53.1 Å². The Balaban J connectivity index is 0.000000134. The summed E-state index contributed by atoms with van der Waals surface area (Å²) in [6.45, 7) is 5.68. The van der Waals surface area contributed by atoms with Crippen molar-refractivity contribution >= 4 is 55.8 Å². The fourth-order valence-corrected chi connectivity index (χ4v) is 9.19. The second-order valence-electron chi connectivity index (χ2n) is 18.5. The molecule has 8 heterocycles. The Morgan fingerprint density at radius 1 is 0.506 bits per heavy atom. The van der Waals surface area contributed by atoms with Crippen molar-refractivity contribution in [3.8, 4) is 45.3 Å². The third-order valence-electron chi connectivity index (χ3n) is 12.5. The summed E-state index contributed by atoms with van der Waals surface area (Å²) in [6.07, 6.45) is 25.3. The van der Waals surface area contributed by atoms with Crippen LogP contribution in [0.15, 0.2) is 202 Å². The summed E-state index contributed by atoms with van der Waals surface area (Å²) in [4.78, 5) is 35.0. The number of aromatic hydroxyl groups is 2. The molecule has 6 N–H and O–H groups in total. The molecule has 0 saturated heterocycles. The molecule has 0 atom stereocenters. The molecular formula is C59H55N15O4S. The number of anilines is 5. The predicted octanol–water partition coefficient (Wildman–Crippen LogP) is 10.9. The van der Waals surface area contributed by atoms with E-state index < -0.39 is 10.0 Å². The molecule has 0 amide bonds. The lowest BCUT2D eigenvalue weighted by molar-refractivity contribution is 0.475. The van der Waals surface area contributed by atoms with E-state index in [-0.39, 0.29) is 11.5 Å². The van der Waals surface area contributed by atoms with Crippen molar-refractivity contribution in [2.75, 3.05) is 33.5 Å². The fraction of sp³-hybridized carbons (Fsp3) is 0.119. The number of rotatable bonds is 15. The van der Waals surface area contributed by atoms with Gasteiger partial charge >= 0.3 is 0 Å². The minimum absolute atomic E-state index is 0.233. The molecule has 0 aliphatic carbocycles. The molecule has 0 fully saturated rings. The largest absolute Gasteiger partial charge is 0.508 e. The van der Waals surface area contributed by atoms with Gasteiger partial charge in [0.2, 0.25) is 10.0 Å². The van der Waals surface area contributed by atoms with E-state index in [1.54, 1.807) is 92.0 Å². The lowest BCUT2D eigenvalue weighted by Gasteiger charge is -2.10. The standard InChI is InChI=1S/C21H20N4O.C19H18N6O2S.C19H17N5O/c1-14(2)15-3-7-17(8-4-15)24-20-21-23-13-19(25(21)12-11-22-20)16-5-9-18(26)10-6-16;1-28(26,27)24-16-6-2-5-15(10-16)17-13-23-19-18(21-8-9-25(17)19)22-12-14-4-3-7-20-11-14;25-16-5-1-4-15(11-16)17-13-23-19-18(22-9-10-24(17)19)21-8-6-14-3-2-7-20-12-14/h3-14,26H,1-2H3,(H,22,24);2-11,13,24H,12H2,1H3,(H,21,22);1-5,7,9-13,25H,6,8H2,(H,21,22). The molecule has 396 valence electrons. The van der Waals surface area contributed by atoms with Gasteiger partial charge in [-0.2, -0.15) is 0 Å². The Labute approximate surface area is 455 Å². The van der Waals surface area contributed by atoms with Gasteiger partial charge in [0, 0.05) is 103 Å². The van der Waals surface area contributed by atoms with Crippen LogP contribution in [-0.4, -0.2) is 84.5 Å². The first kappa shape index (κ1) is 52.2. The topological polar surface area (TPSA) is 239 Å². The van der Waals surface area contributed by atoms with Gasteiger partial charge in [-0.05, 0) is 102 Å². The van der Waals surface area contributed by atoms with Gasteiger partial charge in [0.1, 0.15) is 11.5 Å². The Kier molecular flexibility index (Phi) is 15.7. The van der Waals surface area contributed by atoms with E-state index in [1.807, 2.05) is 92.7 Å². The maximum absolute atomic E-state index is 11.5. The summed E-state index contributed by atoms with van der Waals surface area (Å²) >= 11 is 0. The molecule has 19 nitrogen and oxygen atoms in total. The molecule has 8 aromatic heterocycles. The number of pyridine rings is 2. The highest BCUT2D eigenvalue weighted by atomic mass is 32.2. The number of fused-ring (bicyclic) bond motifs is 3. The smallest absolute Gasteiger partial charge is 0.229 e. The van der Waals surface area contributed by atoms with Gasteiger partial charge < -0.3 is 26.2 Å². The van der Waals surface area contributed by atoms with Crippen LogP contribution in [0.1, 0.15) is 36.5 Å². The molecule has 4 aromatic carbocycles. The number of aromatic nitrogens is 11. The van der Waals surface area contributed by atoms with Gasteiger partial charge in [-0.15, -0.1) is 0 Å². The van der Waals surface area contributed by atoms with Crippen LogP contribution in [-0.2, 0) is 23.0 Å². The molecule has 79 heavy (non-hydrogen) atoms. The van der Waals surface area contributed by atoms with Crippen LogP contribution in [0.25, 0.3) is 50.7 Å². The number of hydrogen-bond acceptors (Lipinski definition) is 15. The highest BCUT2D eigenvalue weighted by molar-refractivity contribution is 7.92. The monoisotopic (exact) mass is 1070 g/mol. The molecule has 0 radical (unpaired) electrons. The quantitative estimate of drug-likeness (QED) is 0.0560. The number of sulfonamides is 1. The molecule has 12 rings (SSSR count). The van der Waals surface area contributed by atoms with Gasteiger partial charge in [0.25, 0.3) is 0 Å². The van der Waals surface area contributed by atoms with Gasteiger partial charge in [-0.3, -0.25) is 27.9 Å².